The molecule has 0 fully saturated rings. The average Bonchev–Trinajstić information content (AvgIpc) is 3.40. The number of hydrogen-bond acceptors (Lipinski definition) is 6. The Morgan fingerprint density at radius 1 is 0.730 bits per heavy atom. The summed E-state index contributed by atoms with van der Waals surface area (Å²) < 4.78 is 16.6. The largest absolute Gasteiger partial charge is 0.436 e. The van der Waals surface area contributed by atoms with E-state index in [0.717, 1.165) is 62.5 Å². The molecule has 0 saturated carbocycles. The Labute approximate surface area is 219 Å². The quantitative estimate of drug-likeness (QED) is 0.0961. The first-order valence-electron chi connectivity index (χ1n) is 13.0. The van der Waals surface area contributed by atoms with Crippen molar-refractivity contribution in [2.45, 2.75) is 65.2 Å². The van der Waals surface area contributed by atoms with Crippen molar-refractivity contribution >= 4 is 11.9 Å². The zero-order valence-corrected chi connectivity index (χ0v) is 21.7. The van der Waals surface area contributed by atoms with Gasteiger partial charge in [0.2, 0.25) is 5.89 Å². The third-order valence-corrected chi connectivity index (χ3v) is 5.64. The predicted molar refractivity (Wildman–Crippen MR) is 145 cm³/mol. The van der Waals surface area contributed by atoms with E-state index in [-0.39, 0.29) is 11.9 Å². The van der Waals surface area contributed by atoms with Gasteiger partial charge in [-0.2, -0.15) is 0 Å². The lowest BCUT2D eigenvalue weighted by atomic mass is 10.2. The molecule has 0 spiro atoms. The number of oxazole rings is 1. The van der Waals surface area contributed by atoms with Gasteiger partial charge in [0.1, 0.15) is 11.5 Å². The molecule has 0 aliphatic rings. The van der Waals surface area contributed by atoms with Crippen LogP contribution in [0.2, 0.25) is 0 Å². The zero-order chi connectivity index (χ0) is 26.3. The number of allylic oxidation sites excluding steroid dienone is 2. The second kappa shape index (κ2) is 15.2. The second-order valence-electron chi connectivity index (χ2n) is 8.72. The highest BCUT2D eigenvalue weighted by Gasteiger charge is 2.10. The Balaban J connectivity index is 1.52. The van der Waals surface area contributed by atoms with Crippen molar-refractivity contribution in [2.24, 2.45) is 0 Å². The molecule has 0 N–H and O–H groups in total. The smallest absolute Gasteiger partial charge is 0.335 e. The summed E-state index contributed by atoms with van der Waals surface area (Å²) in [7, 11) is 0. The van der Waals surface area contributed by atoms with E-state index in [1.807, 2.05) is 24.3 Å². The molecule has 2 aromatic carbocycles. The van der Waals surface area contributed by atoms with Crippen LogP contribution in [0.15, 0.2) is 83.4 Å². The first kappa shape index (κ1) is 27.7. The SMILES string of the molecule is CCCCCC=CC(=O)Oc1ccc(-c2cnc(-c3ccc(OC(=O)C=CCCCCC)cc3)o2)cc1. The fourth-order valence-electron chi connectivity index (χ4n) is 3.58. The van der Waals surface area contributed by atoms with Gasteiger partial charge in [-0.15, -0.1) is 0 Å². The van der Waals surface area contributed by atoms with Crippen LogP contribution >= 0.6 is 0 Å². The van der Waals surface area contributed by atoms with Gasteiger partial charge in [-0.1, -0.05) is 51.7 Å². The van der Waals surface area contributed by atoms with Crippen molar-refractivity contribution in [3.05, 3.63) is 79.0 Å². The molecule has 6 nitrogen and oxygen atoms in total. The van der Waals surface area contributed by atoms with Gasteiger partial charge in [0.15, 0.2) is 5.76 Å². The van der Waals surface area contributed by atoms with Gasteiger partial charge in [-0.05, 0) is 74.2 Å². The fraction of sp³-hybridized carbons (Fsp3) is 0.323. The maximum Gasteiger partial charge on any atom is 0.335 e. The molecule has 1 aromatic heterocycles. The van der Waals surface area contributed by atoms with Crippen LogP contribution < -0.4 is 9.47 Å². The third-order valence-electron chi connectivity index (χ3n) is 5.64. The summed E-state index contributed by atoms with van der Waals surface area (Å²) in [6, 6.07) is 14.1. The molecule has 0 amide bonds. The first-order valence-corrected chi connectivity index (χ1v) is 13.0. The lowest BCUT2D eigenvalue weighted by Gasteiger charge is -2.03. The van der Waals surface area contributed by atoms with Crippen molar-refractivity contribution < 1.29 is 23.5 Å². The number of benzene rings is 2. The second-order valence-corrected chi connectivity index (χ2v) is 8.72. The Kier molecular flexibility index (Phi) is 11.4. The Morgan fingerprint density at radius 2 is 1.22 bits per heavy atom. The maximum atomic E-state index is 12.0. The van der Waals surface area contributed by atoms with Crippen molar-refractivity contribution in [1.29, 1.82) is 0 Å². The Morgan fingerprint density at radius 3 is 1.70 bits per heavy atom. The Hall–Kier alpha value is -3.93. The topological polar surface area (TPSA) is 78.6 Å². The van der Waals surface area contributed by atoms with Gasteiger partial charge in [-0.3, -0.25) is 0 Å². The normalized spacial score (nSPS) is 11.3. The van der Waals surface area contributed by atoms with Gasteiger partial charge >= 0.3 is 11.9 Å². The minimum Gasteiger partial charge on any atom is -0.436 e. The number of esters is 2. The standard InChI is InChI=1S/C31H35NO5/c1-3-5-7-9-11-13-29(33)35-26-19-15-24(16-20-26)28-23-32-31(37-28)25-17-21-27(22-18-25)36-30(34)14-12-10-8-6-4-2/h11-23H,3-10H2,1-2H3. The maximum absolute atomic E-state index is 12.0. The van der Waals surface area contributed by atoms with Gasteiger partial charge < -0.3 is 13.9 Å². The number of rotatable bonds is 14. The van der Waals surface area contributed by atoms with Gasteiger partial charge in [0.05, 0.1) is 6.20 Å². The van der Waals surface area contributed by atoms with E-state index >= 15 is 0 Å². The molecule has 1 heterocycles. The molecule has 3 aromatic rings. The molecule has 0 bridgehead atoms. The van der Waals surface area contributed by atoms with E-state index in [0.29, 0.717) is 23.1 Å². The third kappa shape index (κ3) is 9.56. The molecule has 0 atom stereocenters. The van der Waals surface area contributed by atoms with Crippen molar-refractivity contribution in [2.75, 3.05) is 0 Å². The fourth-order valence-corrected chi connectivity index (χ4v) is 3.58. The minimum absolute atomic E-state index is 0.386. The number of unbranched alkanes of at least 4 members (excludes halogenated alkanes) is 6. The average molecular weight is 502 g/mol. The molecule has 3 rings (SSSR count). The summed E-state index contributed by atoms with van der Waals surface area (Å²) in [5.41, 5.74) is 1.57. The highest BCUT2D eigenvalue weighted by atomic mass is 16.5. The summed E-state index contributed by atoms with van der Waals surface area (Å²) in [5, 5.41) is 0. The number of carbonyl (C=O) groups is 2. The summed E-state index contributed by atoms with van der Waals surface area (Å²) in [6.45, 7) is 4.29. The number of carbonyl (C=O) groups excluding carboxylic acids is 2. The molecule has 0 saturated heterocycles. The first-order chi connectivity index (χ1) is 18.1. The summed E-state index contributed by atoms with van der Waals surface area (Å²) in [4.78, 5) is 28.3. The zero-order valence-electron chi connectivity index (χ0n) is 21.7. The summed E-state index contributed by atoms with van der Waals surface area (Å²) >= 11 is 0. The molecule has 0 unspecified atom stereocenters. The van der Waals surface area contributed by atoms with Crippen LogP contribution in [0.5, 0.6) is 11.5 Å². The van der Waals surface area contributed by atoms with Crippen LogP contribution in [-0.4, -0.2) is 16.9 Å². The van der Waals surface area contributed by atoms with Crippen LogP contribution in [0.25, 0.3) is 22.8 Å². The number of nitrogens with zero attached hydrogens (tertiary/aromatic N) is 1. The van der Waals surface area contributed by atoms with E-state index in [1.165, 1.54) is 12.2 Å². The lowest BCUT2D eigenvalue weighted by molar-refractivity contribution is -0.129. The van der Waals surface area contributed by atoms with Crippen molar-refractivity contribution in [1.82, 2.24) is 4.98 Å². The lowest BCUT2D eigenvalue weighted by Crippen LogP contribution is -2.03. The molecular formula is C31H35NO5. The Bertz CT molecular complexity index is 1080. The molecule has 37 heavy (non-hydrogen) atoms. The van der Waals surface area contributed by atoms with Crippen LogP contribution in [0.4, 0.5) is 0 Å². The van der Waals surface area contributed by atoms with E-state index in [1.54, 1.807) is 42.6 Å². The van der Waals surface area contributed by atoms with Crippen molar-refractivity contribution in [3.63, 3.8) is 0 Å². The molecule has 0 radical (unpaired) electrons. The van der Waals surface area contributed by atoms with E-state index in [9.17, 15) is 9.59 Å². The highest BCUT2D eigenvalue weighted by Crippen LogP contribution is 2.28. The van der Waals surface area contributed by atoms with Crippen LogP contribution in [0.3, 0.4) is 0 Å². The molecule has 6 heteroatoms. The van der Waals surface area contributed by atoms with Gasteiger partial charge in [-0.25, -0.2) is 14.6 Å². The minimum atomic E-state index is -0.389. The predicted octanol–water partition coefficient (Wildman–Crippen LogP) is 8.09. The monoisotopic (exact) mass is 501 g/mol. The van der Waals surface area contributed by atoms with E-state index in [4.69, 9.17) is 13.9 Å². The summed E-state index contributed by atoms with van der Waals surface area (Å²) in [6.07, 6.45) is 16.8. The number of ether oxygens (including phenoxy) is 2. The van der Waals surface area contributed by atoms with E-state index < -0.39 is 0 Å². The van der Waals surface area contributed by atoms with Crippen LogP contribution in [-0.2, 0) is 9.59 Å². The summed E-state index contributed by atoms with van der Waals surface area (Å²) in [5.74, 6) is 1.19. The number of hydrogen-bond donors (Lipinski definition) is 0. The molecule has 0 aliphatic heterocycles. The van der Waals surface area contributed by atoms with Gasteiger partial charge in [0, 0.05) is 23.3 Å². The number of aromatic nitrogens is 1. The molecule has 0 aliphatic carbocycles. The van der Waals surface area contributed by atoms with Crippen LogP contribution in [0, 0.1) is 0 Å². The van der Waals surface area contributed by atoms with Crippen LogP contribution in [0.1, 0.15) is 65.2 Å². The molecule has 194 valence electrons. The molecular weight excluding hydrogens is 466 g/mol. The highest BCUT2D eigenvalue weighted by molar-refractivity contribution is 5.84. The van der Waals surface area contributed by atoms with Crippen molar-refractivity contribution in [3.8, 4) is 34.3 Å². The van der Waals surface area contributed by atoms with E-state index in [2.05, 4.69) is 18.8 Å². The van der Waals surface area contributed by atoms with Gasteiger partial charge in [0.25, 0.3) is 0 Å².